The Morgan fingerprint density at radius 2 is 1.57 bits per heavy atom. The number of aldehydes is 1. The van der Waals surface area contributed by atoms with Gasteiger partial charge in [-0.3, -0.25) is 5.84 Å². The first kappa shape index (κ1) is 27.0. The van der Waals surface area contributed by atoms with Crippen molar-refractivity contribution in [3.05, 3.63) is 11.1 Å². The number of hydrogen-bond donors (Lipinski definition) is 2. The molecule has 1 rings (SSSR count). The van der Waals surface area contributed by atoms with Crippen LogP contribution in [0.3, 0.4) is 0 Å². The first-order valence-electron chi connectivity index (χ1n) is 10.3. The highest BCUT2D eigenvalue weighted by Crippen LogP contribution is 2.10. The topological polar surface area (TPSA) is 55.1 Å². The second kappa shape index (κ2) is 15.9. The van der Waals surface area contributed by atoms with Gasteiger partial charge in [-0.2, -0.15) is 0 Å². The van der Waals surface area contributed by atoms with Gasteiger partial charge in [0.25, 0.3) is 0 Å². The normalized spacial score (nSPS) is 10.0. The Morgan fingerprint density at radius 3 is 2.00 bits per heavy atom. The summed E-state index contributed by atoms with van der Waals surface area (Å²) in [4.78, 5) is 9.98. The highest BCUT2D eigenvalue weighted by atomic mass is 16.1. The lowest BCUT2D eigenvalue weighted by Gasteiger charge is -2.24. The van der Waals surface area contributed by atoms with Crippen LogP contribution in [0.4, 0.5) is 5.69 Å². The summed E-state index contributed by atoms with van der Waals surface area (Å²) in [5, 5.41) is 0. The fourth-order valence-electron chi connectivity index (χ4n) is 3.25. The van der Waals surface area contributed by atoms with Crippen LogP contribution >= 0.6 is 0 Å². The van der Waals surface area contributed by atoms with Crippen molar-refractivity contribution < 1.29 is 4.79 Å². The molecule has 1 aromatic rings. The molecule has 0 fully saturated rings. The third-order valence-electron chi connectivity index (χ3n) is 4.97. The Balaban J connectivity index is 0.000000546. The monoisotopic (exact) mass is 369 g/mol. The highest BCUT2D eigenvalue weighted by Gasteiger charge is 2.17. The number of carbonyl (C=O) groups is 1. The molecule has 9 heteroatoms. The Hall–Kier alpha value is -0.960. The number of nitrogen functional groups attached to an aromatic ring is 1. The predicted octanol–water partition coefficient (Wildman–Crippen LogP) is 0.544. The summed E-state index contributed by atoms with van der Waals surface area (Å²) in [6, 6.07) is 0. The van der Waals surface area contributed by atoms with E-state index in [9.17, 15) is 4.79 Å². The molecule has 3 N–H and O–H groups in total. The van der Waals surface area contributed by atoms with E-state index in [0.717, 1.165) is 41.2 Å². The highest BCUT2D eigenvalue weighted by molar-refractivity contribution is 7.35. The molecule has 0 spiro atoms. The van der Waals surface area contributed by atoms with Gasteiger partial charge in [0.15, 0.2) is 0 Å². The standard InChI is InChI=1S/C11H22O.C8H9B6N2/c1-2-3-4-5-6-7-8-9-10-11-12;1-3-5(9)6(13-10)4(2)7(14(11)12)8(3)16-15/h11H,2-10H2,1H3;16H,15H2,1-2H3. The number of nitrogens with two attached hydrogens (primary N) is 1. The molecular formula is C19H31B6N2O. The maximum Gasteiger partial charge on any atom is 0.119 e. The molecule has 9 radical (unpaired) electrons. The van der Waals surface area contributed by atoms with Crippen molar-refractivity contribution in [2.24, 2.45) is 5.84 Å². The summed E-state index contributed by atoms with van der Waals surface area (Å²) in [5.74, 6) is 5.46. The van der Waals surface area contributed by atoms with Gasteiger partial charge >= 0.3 is 0 Å². The molecule has 0 aliphatic heterocycles. The third kappa shape index (κ3) is 9.03. The van der Waals surface area contributed by atoms with Gasteiger partial charge in [-0.25, -0.2) is 0 Å². The van der Waals surface area contributed by atoms with Gasteiger partial charge in [-0.05, 0) is 25.8 Å². The van der Waals surface area contributed by atoms with Crippen molar-refractivity contribution in [3.63, 3.8) is 0 Å². The molecule has 0 heterocycles. The SMILES string of the molecule is CCCCCCCCCCC=O.[B][B]c1c([B])c(C)c(NN)c(B([B])[B])c1C. The largest absolute Gasteiger partial charge is 0.324 e. The van der Waals surface area contributed by atoms with Crippen LogP contribution in [0.25, 0.3) is 0 Å². The number of hydrazine groups is 1. The van der Waals surface area contributed by atoms with Gasteiger partial charge < -0.3 is 10.2 Å². The number of benzene rings is 1. The summed E-state index contributed by atoms with van der Waals surface area (Å²) >= 11 is 0. The van der Waals surface area contributed by atoms with E-state index in [2.05, 4.69) is 12.3 Å². The minimum atomic E-state index is -0.635. The number of anilines is 1. The molecule has 28 heavy (non-hydrogen) atoms. The zero-order valence-corrected chi connectivity index (χ0v) is 17.9. The van der Waals surface area contributed by atoms with Crippen LogP contribution in [0.1, 0.15) is 75.8 Å². The first-order valence-corrected chi connectivity index (χ1v) is 10.3. The summed E-state index contributed by atoms with van der Waals surface area (Å²) in [7, 11) is 24.4. The second-order valence-corrected chi connectivity index (χ2v) is 7.13. The lowest BCUT2D eigenvalue weighted by Crippen LogP contribution is -2.48. The van der Waals surface area contributed by atoms with Crippen molar-refractivity contribution in [1.82, 2.24) is 0 Å². The van der Waals surface area contributed by atoms with Gasteiger partial charge in [0, 0.05) is 35.3 Å². The second-order valence-electron chi connectivity index (χ2n) is 7.13. The summed E-state index contributed by atoms with van der Waals surface area (Å²) < 4.78 is 0. The Kier molecular flexibility index (Phi) is 15.4. The molecule has 141 valence electrons. The molecule has 0 aliphatic rings. The zero-order chi connectivity index (χ0) is 21.5. The van der Waals surface area contributed by atoms with Crippen LogP contribution in [0.2, 0.25) is 0 Å². The van der Waals surface area contributed by atoms with Crippen molar-refractivity contribution in [1.29, 1.82) is 0 Å². The summed E-state index contributed by atoms with van der Waals surface area (Å²) in [6.07, 6.45) is 12.3. The van der Waals surface area contributed by atoms with Crippen LogP contribution in [0.5, 0.6) is 0 Å². The molecule has 0 aliphatic carbocycles. The van der Waals surface area contributed by atoms with Crippen LogP contribution in [-0.4, -0.2) is 51.0 Å². The smallest absolute Gasteiger partial charge is 0.119 e. The number of unbranched alkanes of at least 4 members (excludes halogenated alkanes) is 8. The Labute approximate surface area is 179 Å². The van der Waals surface area contributed by atoms with Gasteiger partial charge in [0.2, 0.25) is 0 Å². The number of nitrogens with one attached hydrogen (secondary N) is 1. The third-order valence-corrected chi connectivity index (χ3v) is 4.97. The van der Waals surface area contributed by atoms with E-state index >= 15 is 0 Å². The van der Waals surface area contributed by atoms with Crippen LogP contribution in [0, 0.1) is 13.8 Å². The molecule has 1 aromatic carbocycles. The number of carbonyl (C=O) groups excluding carboxylic acids is 1. The van der Waals surface area contributed by atoms with E-state index in [1.54, 1.807) is 0 Å². The number of rotatable bonds is 12. The van der Waals surface area contributed by atoms with E-state index in [0.29, 0.717) is 11.2 Å². The van der Waals surface area contributed by atoms with E-state index in [-0.39, 0.29) is 0 Å². The molecule has 0 bridgehead atoms. The Morgan fingerprint density at radius 1 is 1.04 bits per heavy atom. The van der Waals surface area contributed by atoms with Crippen LogP contribution < -0.4 is 27.7 Å². The molecule has 0 aromatic heterocycles. The fourth-order valence-corrected chi connectivity index (χ4v) is 3.25. The molecule has 0 unspecified atom stereocenters. The van der Waals surface area contributed by atoms with Crippen LogP contribution in [0.15, 0.2) is 0 Å². The summed E-state index contributed by atoms with van der Waals surface area (Å²) in [5.41, 5.74) is 6.93. The zero-order valence-electron chi connectivity index (χ0n) is 17.9. The summed E-state index contributed by atoms with van der Waals surface area (Å²) in [6.45, 7) is 5.30. The predicted molar refractivity (Wildman–Crippen MR) is 130 cm³/mol. The van der Waals surface area contributed by atoms with Crippen LogP contribution in [-0.2, 0) is 4.79 Å². The van der Waals surface area contributed by atoms with Gasteiger partial charge in [-0.15, -0.1) is 5.46 Å². The number of hydrogen-bond acceptors (Lipinski definition) is 3. The molecule has 0 saturated carbocycles. The van der Waals surface area contributed by atoms with E-state index < -0.39 is 6.49 Å². The van der Waals surface area contributed by atoms with Crippen molar-refractivity contribution in [3.8, 4) is 0 Å². The van der Waals surface area contributed by atoms with E-state index in [1.807, 2.05) is 13.8 Å². The Bertz CT molecular complexity index is 584. The van der Waals surface area contributed by atoms with E-state index in [1.165, 1.54) is 52.1 Å². The van der Waals surface area contributed by atoms with E-state index in [4.69, 9.17) is 36.9 Å². The lowest BCUT2D eigenvalue weighted by atomic mass is 9.16. The van der Waals surface area contributed by atoms with Gasteiger partial charge in [0.1, 0.15) is 14.1 Å². The average Bonchev–Trinajstić information content (AvgIpc) is 2.67. The maximum absolute atomic E-state index is 9.98. The molecule has 0 saturated heterocycles. The maximum atomic E-state index is 9.98. The van der Waals surface area contributed by atoms with Gasteiger partial charge in [0.05, 0.1) is 13.7 Å². The van der Waals surface area contributed by atoms with Crippen molar-refractivity contribution in [2.75, 3.05) is 5.43 Å². The molecular weight excluding hydrogens is 337 g/mol. The van der Waals surface area contributed by atoms with Crippen molar-refractivity contribution >= 4 is 73.1 Å². The molecule has 0 atom stereocenters. The minimum Gasteiger partial charge on any atom is -0.324 e. The average molecular weight is 368 g/mol. The first-order chi connectivity index (χ1) is 13.4. The lowest BCUT2D eigenvalue weighted by molar-refractivity contribution is -0.107. The molecule has 3 nitrogen and oxygen atoms in total. The fraction of sp³-hybridized carbons (Fsp3) is 0.632. The quantitative estimate of drug-likeness (QED) is 0.186. The van der Waals surface area contributed by atoms with Crippen molar-refractivity contribution in [2.45, 2.75) is 78.6 Å². The minimum absolute atomic E-state index is 0.581. The molecule has 0 amide bonds. The van der Waals surface area contributed by atoms with Gasteiger partial charge in [-0.1, -0.05) is 68.4 Å².